The first-order chi connectivity index (χ1) is 4.86. The van der Waals surface area contributed by atoms with Crippen LogP contribution in [-0.4, -0.2) is 24.3 Å². The molecule has 0 unspecified atom stereocenters. The van der Waals surface area contributed by atoms with Gasteiger partial charge in [0.1, 0.15) is 5.82 Å². The molecule has 0 saturated carbocycles. The number of rotatable bonds is 3. The third-order valence-corrected chi connectivity index (χ3v) is 1.25. The minimum atomic E-state index is 0.828. The van der Waals surface area contributed by atoms with Crippen LogP contribution < -0.4 is 10.6 Å². The molecule has 0 aliphatic rings. The average Bonchev–Trinajstić information content (AvgIpc) is 2.37. The Kier molecular flexibility index (Phi) is 2.28. The van der Waals surface area contributed by atoms with Crippen LogP contribution in [0.4, 0.5) is 5.82 Å². The molecule has 0 atom stereocenters. The molecule has 1 rings (SSSR count). The van der Waals surface area contributed by atoms with Crippen molar-refractivity contribution in [1.29, 1.82) is 0 Å². The summed E-state index contributed by atoms with van der Waals surface area (Å²) in [7, 11) is 3.75. The summed E-state index contributed by atoms with van der Waals surface area (Å²) in [6.45, 7) is 0.828. The summed E-state index contributed by atoms with van der Waals surface area (Å²) in [5.41, 5.74) is 1.09. The van der Waals surface area contributed by atoms with Crippen molar-refractivity contribution in [2.24, 2.45) is 0 Å². The zero-order chi connectivity index (χ0) is 7.40. The first-order valence-corrected chi connectivity index (χ1v) is 3.23. The number of hydrogen-bond acceptors (Lipinski definition) is 3. The van der Waals surface area contributed by atoms with Crippen LogP contribution in [0.25, 0.3) is 0 Å². The fourth-order valence-corrected chi connectivity index (χ4v) is 0.771. The van der Waals surface area contributed by atoms with Crippen molar-refractivity contribution in [3.8, 4) is 0 Å². The lowest BCUT2D eigenvalue weighted by molar-refractivity contribution is 0.784. The molecule has 1 heterocycles. The van der Waals surface area contributed by atoms with Crippen LogP contribution in [0.5, 0.6) is 0 Å². The molecule has 0 aliphatic heterocycles. The number of nitrogens with zero attached hydrogens (tertiary/aromatic N) is 1. The lowest BCUT2D eigenvalue weighted by Crippen LogP contribution is -2.04. The third kappa shape index (κ3) is 1.48. The van der Waals surface area contributed by atoms with Gasteiger partial charge in [0.25, 0.3) is 0 Å². The molecule has 4 nitrogen and oxygen atoms in total. The molecule has 0 saturated heterocycles. The summed E-state index contributed by atoms with van der Waals surface area (Å²) in [5.74, 6) is 0.880. The number of anilines is 1. The smallest absolute Gasteiger partial charge is 0.147 e. The van der Waals surface area contributed by atoms with Gasteiger partial charge >= 0.3 is 0 Å². The number of hydrogen-bond donors (Lipinski definition) is 3. The van der Waals surface area contributed by atoms with Crippen molar-refractivity contribution >= 4 is 5.82 Å². The highest BCUT2D eigenvalue weighted by atomic mass is 15.2. The SMILES string of the molecule is CNCc1cc(NC)n[nH]1. The van der Waals surface area contributed by atoms with E-state index in [2.05, 4.69) is 20.8 Å². The average molecular weight is 140 g/mol. The highest BCUT2D eigenvalue weighted by Crippen LogP contribution is 2.02. The van der Waals surface area contributed by atoms with Gasteiger partial charge in [-0.25, -0.2) is 0 Å². The van der Waals surface area contributed by atoms with E-state index in [4.69, 9.17) is 0 Å². The largest absolute Gasteiger partial charge is 0.372 e. The van der Waals surface area contributed by atoms with Crippen molar-refractivity contribution in [2.75, 3.05) is 19.4 Å². The first kappa shape index (κ1) is 7.08. The minimum absolute atomic E-state index is 0.828. The molecule has 0 aromatic carbocycles. The molecular formula is C6H12N4. The summed E-state index contributed by atoms with van der Waals surface area (Å²) in [5, 5.41) is 12.8. The van der Waals surface area contributed by atoms with Gasteiger partial charge in [0.15, 0.2) is 0 Å². The summed E-state index contributed by atoms with van der Waals surface area (Å²) in [4.78, 5) is 0. The summed E-state index contributed by atoms with van der Waals surface area (Å²) in [6.07, 6.45) is 0. The van der Waals surface area contributed by atoms with Crippen LogP contribution in [-0.2, 0) is 6.54 Å². The maximum absolute atomic E-state index is 3.98. The van der Waals surface area contributed by atoms with Crippen molar-refractivity contribution in [3.05, 3.63) is 11.8 Å². The van der Waals surface area contributed by atoms with Gasteiger partial charge in [0, 0.05) is 19.7 Å². The second kappa shape index (κ2) is 3.22. The quantitative estimate of drug-likeness (QED) is 0.561. The van der Waals surface area contributed by atoms with Crippen molar-refractivity contribution in [2.45, 2.75) is 6.54 Å². The van der Waals surface area contributed by atoms with Crippen LogP contribution in [0.15, 0.2) is 6.07 Å². The maximum atomic E-state index is 3.98. The molecule has 1 aromatic rings. The second-order valence-electron chi connectivity index (χ2n) is 2.06. The Bertz CT molecular complexity index is 193. The number of nitrogens with one attached hydrogen (secondary N) is 3. The minimum Gasteiger partial charge on any atom is -0.372 e. The van der Waals surface area contributed by atoms with E-state index in [1.54, 1.807) is 0 Å². The van der Waals surface area contributed by atoms with E-state index in [0.29, 0.717) is 0 Å². The Balaban J connectivity index is 2.59. The van der Waals surface area contributed by atoms with Gasteiger partial charge in [-0.15, -0.1) is 0 Å². The molecule has 0 aliphatic carbocycles. The van der Waals surface area contributed by atoms with Gasteiger partial charge < -0.3 is 10.6 Å². The number of aromatic amines is 1. The van der Waals surface area contributed by atoms with Crippen LogP contribution >= 0.6 is 0 Å². The Morgan fingerprint density at radius 3 is 2.90 bits per heavy atom. The second-order valence-corrected chi connectivity index (χ2v) is 2.06. The molecule has 0 spiro atoms. The Labute approximate surface area is 60.0 Å². The molecule has 0 radical (unpaired) electrons. The normalized spacial score (nSPS) is 9.80. The predicted molar refractivity (Wildman–Crippen MR) is 40.9 cm³/mol. The van der Waals surface area contributed by atoms with Crippen molar-refractivity contribution < 1.29 is 0 Å². The van der Waals surface area contributed by atoms with E-state index in [-0.39, 0.29) is 0 Å². The standard InChI is InChI=1S/C6H12N4/c1-7-4-5-3-6(8-2)10-9-5/h3,7H,4H2,1-2H3,(H2,8,9,10). The summed E-state index contributed by atoms with van der Waals surface area (Å²) in [6, 6.07) is 1.97. The molecule has 0 bridgehead atoms. The van der Waals surface area contributed by atoms with Crippen LogP contribution in [0.1, 0.15) is 5.69 Å². The van der Waals surface area contributed by atoms with Gasteiger partial charge in [0.2, 0.25) is 0 Å². The molecule has 1 aromatic heterocycles. The third-order valence-electron chi connectivity index (χ3n) is 1.25. The lowest BCUT2D eigenvalue weighted by atomic mass is 10.4. The molecule has 10 heavy (non-hydrogen) atoms. The predicted octanol–water partition coefficient (Wildman–Crippen LogP) is 0.171. The van der Waals surface area contributed by atoms with Gasteiger partial charge in [-0.2, -0.15) is 5.10 Å². The van der Waals surface area contributed by atoms with E-state index < -0.39 is 0 Å². The Hall–Kier alpha value is -1.03. The van der Waals surface area contributed by atoms with Crippen molar-refractivity contribution in [1.82, 2.24) is 15.5 Å². The molecule has 0 amide bonds. The van der Waals surface area contributed by atoms with Gasteiger partial charge in [0.05, 0.1) is 5.69 Å². The van der Waals surface area contributed by atoms with E-state index >= 15 is 0 Å². The maximum Gasteiger partial charge on any atom is 0.147 e. The summed E-state index contributed by atoms with van der Waals surface area (Å²) < 4.78 is 0. The van der Waals surface area contributed by atoms with Crippen LogP contribution in [0.2, 0.25) is 0 Å². The first-order valence-electron chi connectivity index (χ1n) is 3.23. The van der Waals surface area contributed by atoms with E-state index in [1.165, 1.54) is 0 Å². The highest BCUT2D eigenvalue weighted by molar-refractivity contribution is 5.33. The summed E-state index contributed by atoms with van der Waals surface area (Å²) >= 11 is 0. The zero-order valence-corrected chi connectivity index (χ0v) is 6.23. The zero-order valence-electron chi connectivity index (χ0n) is 6.23. The monoisotopic (exact) mass is 140 g/mol. The topological polar surface area (TPSA) is 52.7 Å². The molecule has 3 N–H and O–H groups in total. The fraction of sp³-hybridized carbons (Fsp3) is 0.500. The molecule has 56 valence electrons. The van der Waals surface area contributed by atoms with Crippen LogP contribution in [0.3, 0.4) is 0 Å². The van der Waals surface area contributed by atoms with Gasteiger partial charge in [-0.3, -0.25) is 5.10 Å². The highest BCUT2D eigenvalue weighted by Gasteiger charge is 1.95. The number of H-pyrrole nitrogens is 1. The number of aromatic nitrogens is 2. The van der Waals surface area contributed by atoms with E-state index in [0.717, 1.165) is 18.1 Å². The van der Waals surface area contributed by atoms with Gasteiger partial charge in [-0.05, 0) is 7.05 Å². The van der Waals surface area contributed by atoms with E-state index in [1.807, 2.05) is 20.2 Å². The van der Waals surface area contributed by atoms with E-state index in [9.17, 15) is 0 Å². The van der Waals surface area contributed by atoms with Crippen LogP contribution in [0, 0.1) is 0 Å². The molecular weight excluding hydrogens is 128 g/mol. The van der Waals surface area contributed by atoms with Crippen molar-refractivity contribution in [3.63, 3.8) is 0 Å². The van der Waals surface area contributed by atoms with Gasteiger partial charge in [-0.1, -0.05) is 0 Å². The Morgan fingerprint density at radius 2 is 2.40 bits per heavy atom. The Morgan fingerprint density at radius 1 is 1.60 bits per heavy atom. The lowest BCUT2D eigenvalue weighted by Gasteiger charge is -1.90. The molecule has 4 heteroatoms. The fourth-order valence-electron chi connectivity index (χ4n) is 0.771. The molecule has 0 fully saturated rings.